The summed E-state index contributed by atoms with van der Waals surface area (Å²) in [5.74, 6) is -0.0285. The molecule has 1 rings (SSSR count). The summed E-state index contributed by atoms with van der Waals surface area (Å²) >= 11 is 8.51. The van der Waals surface area contributed by atoms with Crippen molar-refractivity contribution in [2.45, 2.75) is 18.7 Å². The van der Waals surface area contributed by atoms with Crippen LogP contribution in [0.2, 0.25) is 0 Å². The molecule has 1 heterocycles. The number of aromatic nitrogens is 1. The van der Waals surface area contributed by atoms with Crippen LogP contribution < -0.4 is 0 Å². The lowest BCUT2D eigenvalue weighted by Crippen LogP contribution is -2.00. The molecule has 0 N–H and O–H groups in total. The van der Waals surface area contributed by atoms with Gasteiger partial charge in [-0.3, -0.25) is 0 Å². The molecular formula is C9H6BrClF2N2. The summed E-state index contributed by atoms with van der Waals surface area (Å²) in [4.78, 5) is 3.85. The van der Waals surface area contributed by atoms with E-state index in [1.54, 1.807) is 0 Å². The maximum absolute atomic E-state index is 12.6. The first kappa shape index (κ1) is 12.3. The zero-order chi connectivity index (χ0) is 11.4. The van der Waals surface area contributed by atoms with Gasteiger partial charge in [0.05, 0.1) is 23.7 Å². The van der Waals surface area contributed by atoms with Gasteiger partial charge in [0.15, 0.2) is 0 Å². The number of pyridine rings is 1. The van der Waals surface area contributed by atoms with Crippen LogP contribution >= 0.6 is 27.5 Å². The lowest BCUT2D eigenvalue weighted by Gasteiger charge is -2.09. The highest BCUT2D eigenvalue weighted by Gasteiger charge is 2.18. The van der Waals surface area contributed by atoms with E-state index >= 15 is 0 Å². The van der Waals surface area contributed by atoms with Gasteiger partial charge in [-0.2, -0.15) is 5.26 Å². The highest BCUT2D eigenvalue weighted by atomic mass is 79.9. The van der Waals surface area contributed by atoms with Gasteiger partial charge in [-0.25, -0.2) is 13.8 Å². The minimum atomic E-state index is -2.63. The molecule has 0 bridgehead atoms. The van der Waals surface area contributed by atoms with Gasteiger partial charge in [0, 0.05) is 5.88 Å². The number of hydrogen-bond acceptors (Lipinski definition) is 2. The molecular weight excluding hydrogens is 289 g/mol. The van der Waals surface area contributed by atoms with Gasteiger partial charge in [0.2, 0.25) is 0 Å². The molecule has 0 radical (unpaired) electrons. The summed E-state index contributed by atoms with van der Waals surface area (Å²) in [5, 5.41) is 8.47. The average Bonchev–Trinajstić information content (AvgIpc) is 2.16. The molecule has 0 fully saturated rings. The summed E-state index contributed by atoms with van der Waals surface area (Å²) in [6.07, 6.45) is -2.55. The number of nitriles is 1. The fraction of sp³-hybridized carbons (Fsp3) is 0.333. The molecule has 0 unspecified atom stereocenters. The van der Waals surface area contributed by atoms with Gasteiger partial charge >= 0.3 is 0 Å². The van der Waals surface area contributed by atoms with E-state index in [1.165, 1.54) is 6.07 Å². The van der Waals surface area contributed by atoms with Crippen LogP contribution in [0, 0.1) is 11.3 Å². The van der Waals surface area contributed by atoms with Crippen molar-refractivity contribution < 1.29 is 8.78 Å². The van der Waals surface area contributed by atoms with Crippen molar-refractivity contribution in [3.63, 3.8) is 0 Å². The Morgan fingerprint density at radius 2 is 2.27 bits per heavy atom. The Bertz CT molecular complexity index is 404. The van der Waals surface area contributed by atoms with E-state index < -0.39 is 6.43 Å². The van der Waals surface area contributed by atoms with Crippen LogP contribution in [0.5, 0.6) is 0 Å². The Balaban J connectivity index is 3.25. The number of rotatable bonds is 3. The largest absolute Gasteiger partial charge is 0.266 e. The molecule has 0 saturated heterocycles. The maximum atomic E-state index is 12.6. The van der Waals surface area contributed by atoms with E-state index in [4.69, 9.17) is 16.9 Å². The molecule has 80 valence electrons. The van der Waals surface area contributed by atoms with Gasteiger partial charge in [-0.05, 0) is 27.6 Å². The molecule has 0 aromatic carbocycles. The normalized spacial score (nSPS) is 10.4. The zero-order valence-electron chi connectivity index (χ0n) is 7.48. The third-order valence-corrected chi connectivity index (χ3v) is 2.67. The quantitative estimate of drug-likeness (QED) is 0.631. The van der Waals surface area contributed by atoms with Crippen molar-refractivity contribution in [2.75, 3.05) is 0 Å². The van der Waals surface area contributed by atoms with Crippen LogP contribution in [-0.2, 0) is 12.3 Å². The molecule has 6 heteroatoms. The second kappa shape index (κ2) is 5.38. The molecule has 0 aliphatic carbocycles. The SMILES string of the molecule is N#CCc1cc(CCl)c(C(F)F)c(Br)n1. The predicted molar refractivity (Wildman–Crippen MR) is 55.8 cm³/mol. The minimum absolute atomic E-state index is 0.0285. The lowest BCUT2D eigenvalue weighted by atomic mass is 10.1. The summed E-state index contributed by atoms with van der Waals surface area (Å²) in [6, 6.07) is 3.33. The van der Waals surface area contributed by atoms with Gasteiger partial charge in [-0.15, -0.1) is 11.6 Å². The van der Waals surface area contributed by atoms with E-state index in [0.717, 1.165) is 0 Å². The van der Waals surface area contributed by atoms with Crippen LogP contribution in [0.1, 0.15) is 23.2 Å². The minimum Gasteiger partial charge on any atom is -0.244 e. The van der Waals surface area contributed by atoms with Crippen molar-refractivity contribution in [1.29, 1.82) is 5.26 Å². The van der Waals surface area contributed by atoms with Crippen LogP contribution in [0.15, 0.2) is 10.7 Å². The van der Waals surface area contributed by atoms with Crippen LogP contribution in [0.3, 0.4) is 0 Å². The van der Waals surface area contributed by atoms with Gasteiger partial charge in [-0.1, -0.05) is 0 Å². The summed E-state index contributed by atoms with van der Waals surface area (Å²) < 4.78 is 25.3. The Morgan fingerprint density at radius 3 is 2.73 bits per heavy atom. The van der Waals surface area contributed by atoms with Crippen molar-refractivity contribution in [2.24, 2.45) is 0 Å². The second-order valence-corrected chi connectivity index (χ2v) is 3.76. The molecule has 1 aromatic rings. The average molecular weight is 296 g/mol. The number of hydrogen-bond donors (Lipinski definition) is 0. The Morgan fingerprint density at radius 1 is 1.60 bits per heavy atom. The summed E-state index contributed by atoms with van der Waals surface area (Å²) in [6.45, 7) is 0. The molecule has 0 amide bonds. The monoisotopic (exact) mass is 294 g/mol. The third kappa shape index (κ3) is 2.86. The predicted octanol–water partition coefficient (Wildman–Crippen LogP) is 3.59. The van der Waals surface area contributed by atoms with Gasteiger partial charge in [0.25, 0.3) is 6.43 Å². The van der Waals surface area contributed by atoms with Crippen molar-refractivity contribution >= 4 is 27.5 Å². The standard InChI is InChI=1S/C9H6BrClF2N2/c10-8-7(9(12)13)5(4-11)3-6(15-8)1-2-14/h3,9H,1,4H2. The van der Waals surface area contributed by atoms with Crippen LogP contribution in [-0.4, -0.2) is 4.98 Å². The van der Waals surface area contributed by atoms with Crippen molar-refractivity contribution in [1.82, 2.24) is 4.98 Å². The first-order chi connectivity index (χ1) is 7.10. The van der Waals surface area contributed by atoms with E-state index in [1.807, 2.05) is 6.07 Å². The molecule has 0 aliphatic rings. The second-order valence-electron chi connectivity index (χ2n) is 2.75. The highest BCUT2D eigenvalue weighted by molar-refractivity contribution is 9.10. The lowest BCUT2D eigenvalue weighted by molar-refractivity contribution is 0.149. The fourth-order valence-corrected chi connectivity index (χ4v) is 2.02. The molecule has 0 atom stereocenters. The van der Waals surface area contributed by atoms with Crippen LogP contribution in [0.25, 0.3) is 0 Å². The fourth-order valence-electron chi connectivity index (χ4n) is 1.14. The Labute approximate surface area is 99.0 Å². The number of halogens is 4. The molecule has 1 aromatic heterocycles. The topological polar surface area (TPSA) is 36.7 Å². The van der Waals surface area contributed by atoms with Crippen molar-refractivity contribution in [3.05, 3.63) is 27.5 Å². The van der Waals surface area contributed by atoms with Crippen LogP contribution in [0.4, 0.5) is 8.78 Å². The van der Waals surface area contributed by atoms with E-state index in [0.29, 0.717) is 11.3 Å². The highest BCUT2D eigenvalue weighted by Crippen LogP contribution is 2.30. The number of alkyl halides is 3. The molecule has 0 saturated carbocycles. The summed E-state index contributed by atoms with van der Waals surface area (Å²) in [7, 11) is 0. The Kier molecular flexibility index (Phi) is 4.43. The van der Waals surface area contributed by atoms with Gasteiger partial charge in [0.1, 0.15) is 4.60 Å². The number of nitrogens with zero attached hydrogens (tertiary/aromatic N) is 2. The van der Waals surface area contributed by atoms with E-state index in [2.05, 4.69) is 20.9 Å². The molecule has 2 nitrogen and oxygen atoms in total. The van der Waals surface area contributed by atoms with Crippen molar-refractivity contribution in [3.8, 4) is 6.07 Å². The maximum Gasteiger partial charge on any atom is 0.266 e. The molecule has 0 spiro atoms. The third-order valence-electron chi connectivity index (χ3n) is 1.77. The van der Waals surface area contributed by atoms with Gasteiger partial charge < -0.3 is 0 Å². The first-order valence-electron chi connectivity index (χ1n) is 3.99. The summed E-state index contributed by atoms with van der Waals surface area (Å²) in [5.41, 5.74) is 0.537. The van der Waals surface area contributed by atoms with E-state index in [9.17, 15) is 8.78 Å². The Hall–Kier alpha value is -0.730. The first-order valence-corrected chi connectivity index (χ1v) is 5.32. The smallest absolute Gasteiger partial charge is 0.244 e. The molecule has 0 aliphatic heterocycles. The molecule has 15 heavy (non-hydrogen) atoms. The van der Waals surface area contributed by atoms with E-state index in [-0.39, 0.29) is 22.5 Å². The zero-order valence-corrected chi connectivity index (χ0v) is 9.82.